The zero-order valence-electron chi connectivity index (χ0n) is 18.6. The maximum absolute atomic E-state index is 13.2. The van der Waals surface area contributed by atoms with Gasteiger partial charge in [-0.25, -0.2) is 4.79 Å². The highest BCUT2D eigenvalue weighted by molar-refractivity contribution is 6.11. The third-order valence-corrected chi connectivity index (χ3v) is 5.26. The highest BCUT2D eigenvalue weighted by atomic mass is 16.6. The number of aromatic nitrogens is 2. The minimum absolute atomic E-state index is 0.122. The lowest BCUT2D eigenvalue weighted by molar-refractivity contribution is -0.384. The summed E-state index contributed by atoms with van der Waals surface area (Å²) in [5.41, 5.74) is 1.63. The summed E-state index contributed by atoms with van der Waals surface area (Å²) in [7, 11) is 0. The number of fused-ring (bicyclic) bond motifs is 1. The molecule has 1 amide bonds. The minimum atomic E-state index is -0.640. The largest absolute Gasteiger partial charge is 0.462 e. The lowest BCUT2D eigenvalue weighted by Crippen LogP contribution is -2.23. The van der Waals surface area contributed by atoms with Gasteiger partial charge in [0.2, 0.25) is 5.78 Å². The van der Waals surface area contributed by atoms with Crippen LogP contribution in [0.2, 0.25) is 0 Å². The smallest absolute Gasteiger partial charge is 0.340 e. The van der Waals surface area contributed by atoms with E-state index in [2.05, 4.69) is 10.3 Å². The van der Waals surface area contributed by atoms with Gasteiger partial charge in [-0.15, -0.1) is 0 Å². The van der Waals surface area contributed by atoms with E-state index in [1.165, 1.54) is 53.1 Å². The van der Waals surface area contributed by atoms with Crippen LogP contribution in [0.5, 0.6) is 0 Å². The molecule has 3 aromatic heterocycles. The number of carbonyl (C=O) groups excluding carboxylic acids is 3. The zero-order chi connectivity index (χ0) is 24.9. The van der Waals surface area contributed by atoms with E-state index < -0.39 is 16.7 Å². The molecule has 0 saturated carbocycles. The molecule has 0 bridgehead atoms. The standard InChI is InChI=1S/C25H20N4O6/c1-2-35-25(32)20-14-22(23(30)16-6-8-19(9-7-16)29(33)34)28-12-10-17(13-21(20)28)24(31)27-15-18-5-3-4-11-26-18/h3-14H,2,15H2,1H3,(H,27,31). The predicted octanol–water partition coefficient (Wildman–Crippen LogP) is 3.58. The van der Waals surface area contributed by atoms with Crippen LogP contribution in [0.4, 0.5) is 5.69 Å². The molecule has 0 atom stereocenters. The van der Waals surface area contributed by atoms with Crippen LogP contribution in [0.1, 0.15) is 49.4 Å². The van der Waals surface area contributed by atoms with Gasteiger partial charge in [-0.2, -0.15) is 0 Å². The predicted molar refractivity (Wildman–Crippen MR) is 125 cm³/mol. The first-order valence-corrected chi connectivity index (χ1v) is 10.7. The second kappa shape index (κ2) is 9.96. The van der Waals surface area contributed by atoms with Crippen molar-refractivity contribution in [2.24, 2.45) is 0 Å². The molecule has 4 aromatic rings. The molecule has 0 radical (unpaired) electrons. The SMILES string of the molecule is CCOC(=O)c1cc(C(=O)c2ccc([N+](=O)[O-])cc2)n2ccc(C(=O)NCc3ccccn3)cc12. The number of nitro benzene ring substituents is 1. The quantitative estimate of drug-likeness (QED) is 0.179. The number of nitrogens with zero attached hydrogens (tertiary/aromatic N) is 3. The number of ether oxygens (including phenoxy) is 1. The number of ketones is 1. The molecular formula is C25H20N4O6. The van der Waals surface area contributed by atoms with Gasteiger partial charge < -0.3 is 14.5 Å². The molecule has 0 spiro atoms. The highest BCUT2D eigenvalue weighted by Gasteiger charge is 2.23. The first-order valence-electron chi connectivity index (χ1n) is 10.7. The van der Waals surface area contributed by atoms with Crippen LogP contribution in [0.15, 0.2) is 73.1 Å². The number of hydrogen-bond acceptors (Lipinski definition) is 7. The Morgan fingerprint density at radius 1 is 1.06 bits per heavy atom. The number of rotatable bonds is 8. The summed E-state index contributed by atoms with van der Waals surface area (Å²) in [4.78, 5) is 53.0. The average Bonchev–Trinajstić information content (AvgIpc) is 3.26. The normalized spacial score (nSPS) is 10.7. The van der Waals surface area contributed by atoms with E-state index in [-0.39, 0.29) is 47.1 Å². The van der Waals surface area contributed by atoms with Crippen molar-refractivity contribution in [3.05, 3.63) is 111 Å². The summed E-state index contributed by atoms with van der Waals surface area (Å²) < 4.78 is 6.63. The van der Waals surface area contributed by atoms with Gasteiger partial charge in [0, 0.05) is 35.7 Å². The minimum Gasteiger partial charge on any atom is -0.462 e. The van der Waals surface area contributed by atoms with Gasteiger partial charge in [-0.3, -0.25) is 24.7 Å². The maximum Gasteiger partial charge on any atom is 0.340 e. The Bertz CT molecular complexity index is 1430. The molecule has 0 aliphatic carbocycles. The fraction of sp³-hybridized carbons (Fsp3) is 0.120. The molecule has 3 heterocycles. The van der Waals surface area contributed by atoms with E-state index in [1.54, 1.807) is 25.3 Å². The van der Waals surface area contributed by atoms with Crippen LogP contribution in [-0.2, 0) is 11.3 Å². The zero-order valence-corrected chi connectivity index (χ0v) is 18.6. The molecule has 176 valence electrons. The van der Waals surface area contributed by atoms with Crippen LogP contribution < -0.4 is 5.32 Å². The van der Waals surface area contributed by atoms with Crippen LogP contribution in [0.3, 0.4) is 0 Å². The number of carbonyl (C=O) groups is 3. The Balaban J connectivity index is 1.69. The Morgan fingerprint density at radius 2 is 1.83 bits per heavy atom. The maximum atomic E-state index is 13.2. The topological polar surface area (TPSA) is 133 Å². The van der Waals surface area contributed by atoms with Crippen LogP contribution in [0.25, 0.3) is 5.52 Å². The molecule has 1 aromatic carbocycles. The van der Waals surface area contributed by atoms with E-state index >= 15 is 0 Å². The number of hydrogen-bond donors (Lipinski definition) is 1. The second-order valence-corrected chi connectivity index (χ2v) is 7.47. The Labute approximate surface area is 199 Å². The van der Waals surface area contributed by atoms with Crippen molar-refractivity contribution in [3.8, 4) is 0 Å². The van der Waals surface area contributed by atoms with Crippen LogP contribution >= 0.6 is 0 Å². The monoisotopic (exact) mass is 472 g/mol. The molecule has 10 heteroatoms. The number of nitrogens with one attached hydrogen (secondary N) is 1. The van der Waals surface area contributed by atoms with E-state index in [1.807, 2.05) is 6.07 Å². The Hall–Kier alpha value is -4.86. The molecule has 4 rings (SSSR count). The van der Waals surface area contributed by atoms with E-state index in [4.69, 9.17) is 4.74 Å². The Kier molecular flexibility index (Phi) is 6.63. The summed E-state index contributed by atoms with van der Waals surface area (Å²) in [5.74, 6) is -1.46. The molecular weight excluding hydrogens is 452 g/mol. The molecule has 0 fully saturated rings. The first-order chi connectivity index (χ1) is 16.9. The van der Waals surface area contributed by atoms with Crippen LogP contribution in [0, 0.1) is 10.1 Å². The molecule has 10 nitrogen and oxygen atoms in total. The van der Waals surface area contributed by atoms with Gasteiger partial charge in [-0.1, -0.05) is 6.07 Å². The summed E-state index contributed by atoms with van der Waals surface area (Å²) in [5, 5.41) is 13.7. The van der Waals surface area contributed by atoms with E-state index in [0.29, 0.717) is 11.2 Å². The van der Waals surface area contributed by atoms with E-state index in [9.17, 15) is 24.5 Å². The van der Waals surface area contributed by atoms with Gasteiger partial charge in [0.1, 0.15) is 0 Å². The lowest BCUT2D eigenvalue weighted by atomic mass is 10.1. The van der Waals surface area contributed by atoms with Crippen molar-refractivity contribution in [2.45, 2.75) is 13.5 Å². The van der Waals surface area contributed by atoms with Gasteiger partial charge in [0.25, 0.3) is 11.6 Å². The van der Waals surface area contributed by atoms with Gasteiger partial charge in [0.15, 0.2) is 0 Å². The second-order valence-electron chi connectivity index (χ2n) is 7.47. The van der Waals surface area contributed by atoms with Crippen molar-refractivity contribution < 1.29 is 24.0 Å². The van der Waals surface area contributed by atoms with Gasteiger partial charge >= 0.3 is 5.97 Å². The lowest BCUT2D eigenvalue weighted by Gasteiger charge is -2.08. The molecule has 0 unspecified atom stereocenters. The van der Waals surface area contributed by atoms with Crippen molar-refractivity contribution in [3.63, 3.8) is 0 Å². The molecule has 35 heavy (non-hydrogen) atoms. The number of non-ortho nitro benzene ring substituents is 1. The summed E-state index contributed by atoms with van der Waals surface area (Å²) >= 11 is 0. The van der Waals surface area contributed by atoms with Crippen molar-refractivity contribution >= 4 is 28.9 Å². The first kappa shape index (κ1) is 23.3. The fourth-order valence-electron chi connectivity index (χ4n) is 3.54. The highest BCUT2D eigenvalue weighted by Crippen LogP contribution is 2.23. The number of nitro groups is 1. The third kappa shape index (κ3) is 4.91. The van der Waals surface area contributed by atoms with Gasteiger partial charge in [-0.05, 0) is 49.4 Å². The van der Waals surface area contributed by atoms with Crippen molar-refractivity contribution in [1.82, 2.24) is 14.7 Å². The molecule has 0 aliphatic heterocycles. The fourth-order valence-corrected chi connectivity index (χ4v) is 3.54. The Morgan fingerprint density at radius 3 is 2.49 bits per heavy atom. The number of pyridine rings is 2. The summed E-state index contributed by atoms with van der Waals surface area (Å²) in [6, 6.07) is 15.0. The van der Waals surface area contributed by atoms with E-state index in [0.717, 1.165) is 0 Å². The number of amides is 1. The number of esters is 1. The third-order valence-electron chi connectivity index (χ3n) is 5.26. The summed E-state index contributed by atoms with van der Waals surface area (Å²) in [6.07, 6.45) is 3.15. The van der Waals surface area contributed by atoms with Crippen molar-refractivity contribution in [1.29, 1.82) is 0 Å². The molecule has 0 saturated heterocycles. The van der Waals surface area contributed by atoms with Gasteiger partial charge in [0.05, 0.1) is 40.5 Å². The number of benzene rings is 1. The summed E-state index contributed by atoms with van der Waals surface area (Å²) in [6.45, 7) is 2.02. The molecule has 1 N–H and O–H groups in total. The van der Waals surface area contributed by atoms with Crippen LogP contribution in [-0.4, -0.2) is 38.6 Å². The average molecular weight is 472 g/mol. The van der Waals surface area contributed by atoms with Crippen molar-refractivity contribution in [2.75, 3.05) is 6.61 Å². The molecule has 0 aliphatic rings.